The van der Waals surface area contributed by atoms with Crippen LogP contribution in [0.3, 0.4) is 0 Å². The van der Waals surface area contributed by atoms with Crippen LogP contribution in [0.25, 0.3) is 0 Å². The van der Waals surface area contributed by atoms with Crippen LogP contribution in [-0.2, 0) is 18.4 Å². The molecule has 0 bridgehead atoms. The van der Waals surface area contributed by atoms with E-state index in [2.05, 4.69) is 10.4 Å². The average Bonchev–Trinajstić information content (AvgIpc) is 2.32. The van der Waals surface area contributed by atoms with Gasteiger partial charge >= 0.3 is 5.69 Å². The number of aromatic nitrogens is 3. The van der Waals surface area contributed by atoms with Crippen molar-refractivity contribution in [2.45, 2.75) is 32.9 Å². The van der Waals surface area contributed by atoms with Crippen LogP contribution in [0, 0.1) is 0 Å². The minimum absolute atomic E-state index is 0.0447. The number of carbonyl (C=O) groups is 1. The first kappa shape index (κ1) is 11.5. The topological polar surface area (TPSA) is 68.9 Å². The monoisotopic (exact) mass is 212 g/mol. The second-order valence-corrected chi connectivity index (χ2v) is 4.48. The lowest BCUT2D eigenvalue weighted by atomic mass is 10.1. The van der Waals surface area contributed by atoms with Crippen LogP contribution in [0.2, 0.25) is 0 Å². The molecule has 1 N–H and O–H groups in total. The van der Waals surface area contributed by atoms with Gasteiger partial charge in [-0.05, 0) is 20.8 Å². The van der Waals surface area contributed by atoms with Gasteiger partial charge in [0, 0.05) is 12.6 Å². The van der Waals surface area contributed by atoms with E-state index in [9.17, 15) is 9.59 Å². The fourth-order valence-electron chi connectivity index (χ4n) is 1.12. The van der Waals surface area contributed by atoms with Gasteiger partial charge in [-0.25, -0.2) is 9.48 Å². The zero-order valence-electron chi connectivity index (χ0n) is 9.44. The molecule has 0 aliphatic carbocycles. The highest BCUT2D eigenvalue weighted by Crippen LogP contribution is 1.97. The molecule has 84 valence electrons. The number of amides is 1. The van der Waals surface area contributed by atoms with Crippen molar-refractivity contribution in [3.8, 4) is 0 Å². The van der Waals surface area contributed by atoms with Crippen LogP contribution in [0.15, 0.2) is 11.1 Å². The van der Waals surface area contributed by atoms with E-state index >= 15 is 0 Å². The third kappa shape index (κ3) is 3.23. The molecular formula is C9H16N4O2. The Morgan fingerprint density at radius 3 is 2.53 bits per heavy atom. The highest BCUT2D eigenvalue weighted by atomic mass is 16.2. The normalized spacial score (nSPS) is 11.5. The molecule has 0 unspecified atom stereocenters. The lowest BCUT2D eigenvalue weighted by Gasteiger charge is -2.20. The summed E-state index contributed by atoms with van der Waals surface area (Å²) < 4.78 is 2.45. The molecule has 1 amide bonds. The maximum absolute atomic E-state index is 11.5. The number of rotatable bonds is 2. The smallest absolute Gasteiger partial charge is 0.345 e. The highest BCUT2D eigenvalue weighted by Gasteiger charge is 2.15. The molecule has 0 aliphatic rings. The Hall–Kier alpha value is -1.59. The van der Waals surface area contributed by atoms with Crippen LogP contribution >= 0.6 is 0 Å². The Morgan fingerprint density at radius 1 is 1.53 bits per heavy atom. The molecule has 1 aromatic rings. The van der Waals surface area contributed by atoms with Gasteiger partial charge in [-0.3, -0.25) is 9.36 Å². The maximum atomic E-state index is 11.5. The zero-order chi connectivity index (χ0) is 11.6. The van der Waals surface area contributed by atoms with Crippen molar-refractivity contribution in [1.29, 1.82) is 0 Å². The van der Waals surface area contributed by atoms with E-state index in [4.69, 9.17) is 0 Å². The minimum Gasteiger partial charge on any atom is -0.350 e. The van der Waals surface area contributed by atoms with E-state index in [0.29, 0.717) is 0 Å². The second kappa shape index (κ2) is 3.88. The molecule has 0 aliphatic heterocycles. The van der Waals surface area contributed by atoms with E-state index < -0.39 is 0 Å². The number of nitrogens with zero attached hydrogens (tertiary/aromatic N) is 3. The minimum atomic E-state index is -0.296. The summed E-state index contributed by atoms with van der Waals surface area (Å²) in [6.07, 6.45) is 1.38. The van der Waals surface area contributed by atoms with Gasteiger partial charge in [-0.1, -0.05) is 0 Å². The summed E-state index contributed by atoms with van der Waals surface area (Å²) in [6.45, 7) is 5.60. The summed E-state index contributed by atoms with van der Waals surface area (Å²) in [5.74, 6) is -0.219. The van der Waals surface area contributed by atoms with Crippen molar-refractivity contribution in [1.82, 2.24) is 19.7 Å². The van der Waals surface area contributed by atoms with Gasteiger partial charge in [0.2, 0.25) is 5.91 Å². The largest absolute Gasteiger partial charge is 0.350 e. The van der Waals surface area contributed by atoms with Gasteiger partial charge in [-0.2, -0.15) is 5.10 Å². The molecule has 0 spiro atoms. The number of hydrogen-bond acceptors (Lipinski definition) is 3. The van der Waals surface area contributed by atoms with Crippen molar-refractivity contribution in [3.05, 3.63) is 16.8 Å². The van der Waals surface area contributed by atoms with Crippen molar-refractivity contribution >= 4 is 5.91 Å². The van der Waals surface area contributed by atoms with Crippen molar-refractivity contribution in [2.75, 3.05) is 0 Å². The molecule has 1 rings (SSSR count). The molecule has 0 saturated heterocycles. The Kier molecular flexibility index (Phi) is 2.97. The first-order chi connectivity index (χ1) is 6.79. The molecule has 1 heterocycles. The number of nitrogens with one attached hydrogen (secondary N) is 1. The summed E-state index contributed by atoms with van der Waals surface area (Å²) >= 11 is 0. The molecular weight excluding hydrogens is 196 g/mol. The molecule has 6 nitrogen and oxygen atoms in total. The van der Waals surface area contributed by atoms with Crippen LogP contribution in [0.4, 0.5) is 0 Å². The number of carbonyl (C=O) groups excluding carboxylic acids is 1. The number of hydrogen-bond donors (Lipinski definition) is 1. The lowest BCUT2D eigenvalue weighted by Crippen LogP contribution is -2.43. The summed E-state index contributed by atoms with van der Waals surface area (Å²) in [4.78, 5) is 22.8. The van der Waals surface area contributed by atoms with Crippen molar-refractivity contribution < 1.29 is 4.79 Å². The second-order valence-electron chi connectivity index (χ2n) is 4.48. The summed E-state index contributed by atoms with van der Waals surface area (Å²) in [7, 11) is 1.59. The Morgan fingerprint density at radius 2 is 2.13 bits per heavy atom. The summed E-state index contributed by atoms with van der Waals surface area (Å²) in [6, 6.07) is 0. The lowest BCUT2D eigenvalue weighted by molar-refractivity contribution is -0.123. The molecule has 15 heavy (non-hydrogen) atoms. The first-order valence-corrected chi connectivity index (χ1v) is 4.69. The SMILES string of the molecule is Cn1cnn(CC(=O)NC(C)(C)C)c1=O. The van der Waals surface area contributed by atoms with E-state index in [1.165, 1.54) is 10.9 Å². The van der Waals surface area contributed by atoms with E-state index in [1.807, 2.05) is 20.8 Å². The zero-order valence-corrected chi connectivity index (χ0v) is 9.44. The first-order valence-electron chi connectivity index (χ1n) is 4.69. The van der Waals surface area contributed by atoms with E-state index in [1.54, 1.807) is 7.05 Å². The standard InChI is InChI=1S/C9H16N4O2/c1-9(2,3)11-7(14)5-13-8(15)12(4)6-10-13/h6H,5H2,1-4H3,(H,11,14). The van der Waals surface area contributed by atoms with Crippen molar-refractivity contribution in [3.63, 3.8) is 0 Å². The summed E-state index contributed by atoms with van der Waals surface area (Å²) in [5, 5.41) is 6.55. The molecule has 0 saturated carbocycles. The third-order valence-corrected chi connectivity index (χ3v) is 1.69. The molecule has 0 atom stereocenters. The van der Waals surface area contributed by atoms with Crippen LogP contribution in [0.5, 0.6) is 0 Å². The maximum Gasteiger partial charge on any atom is 0.345 e. The highest BCUT2D eigenvalue weighted by molar-refractivity contribution is 5.76. The molecule has 1 aromatic heterocycles. The molecule has 0 fully saturated rings. The van der Waals surface area contributed by atoms with Crippen LogP contribution in [0.1, 0.15) is 20.8 Å². The van der Waals surface area contributed by atoms with E-state index in [0.717, 1.165) is 4.68 Å². The molecule has 0 radical (unpaired) electrons. The molecule has 6 heteroatoms. The van der Waals surface area contributed by atoms with Crippen LogP contribution in [-0.4, -0.2) is 25.8 Å². The van der Waals surface area contributed by atoms with Gasteiger partial charge in [0.25, 0.3) is 0 Å². The van der Waals surface area contributed by atoms with E-state index in [-0.39, 0.29) is 23.7 Å². The van der Waals surface area contributed by atoms with Gasteiger partial charge in [-0.15, -0.1) is 0 Å². The van der Waals surface area contributed by atoms with Gasteiger partial charge < -0.3 is 5.32 Å². The van der Waals surface area contributed by atoms with Crippen LogP contribution < -0.4 is 11.0 Å². The van der Waals surface area contributed by atoms with Gasteiger partial charge in [0.15, 0.2) is 0 Å². The predicted octanol–water partition coefficient (Wildman–Crippen LogP) is -0.503. The predicted molar refractivity (Wildman–Crippen MR) is 55.4 cm³/mol. The molecule has 0 aromatic carbocycles. The Labute approximate surface area is 87.9 Å². The number of aryl methyl sites for hydroxylation is 1. The Bertz CT molecular complexity index is 410. The third-order valence-electron chi connectivity index (χ3n) is 1.69. The quantitative estimate of drug-likeness (QED) is 0.718. The van der Waals surface area contributed by atoms with Gasteiger partial charge in [0.1, 0.15) is 12.9 Å². The fourth-order valence-corrected chi connectivity index (χ4v) is 1.12. The van der Waals surface area contributed by atoms with Crippen molar-refractivity contribution in [2.24, 2.45) is 7.05 Å². The fraction of sp³-hybridized carbons (Fsp3) is 0.667. The van der Waals surface area contributed by atoms with Gasteiger partial charge in [0.05, 0.1) is 0 Å². The average molecular weight is 212 g/mol. The Balaban J connectivity index is 2.68. The summed E-state index contributed by atoms with van der Waals surface area (Å²) in [5.41, 5.74) is -0.589.